The molecule has 0 aromatic carbocycles. The smallest absolute Gasteiger partial charge is 0.0650 e. The van der Waals surface area contributed by atoms with Crippen molar-refractivity contribution in [3.05, 3.63) is 23.3 Å². The zero-order valence-electron chi connectivity index (χ0n) is 8.54. The average Bonchev–Trinajstić information content (AvgIpc) is 2.87. The molecule has 1 aliphatic rings. The molecule has 0 amide bonds. The highest BCUT2D eigenvalue weighted by atomic mass is 14.8. The van der Waals surface area contributed by atoms with Crippen molar-refractivity contribution in [2.45, 2.75) is 45.4 Å². The number of aryl methyl sites for hydroxylation is 1. The molecule has 2 rings (SSSR count). The second kappa shape index (κ2) is 3.09. The molecule has 0 atom stereocenters. The monoisotopic (exact) mass is 176 g/mol. The lowest BCUT2D eigenvalue weighted by Gasteiger charge is -2.08. The molecule has 1 aromatic heterocycles. The van der Waals surface area contributed by atoms with Gasteiger partial charge in [-0.15, -0.1) is 0 Å². The van der Waals surface area contributed by atoms with Crippen molar-refractivity contribution in [2.75, 3.05) is 0 Å². The lowest BCUT2D eigenvalue weighted by molar-refractivity contribution is 0.782. The van der Waals surface area contributed by atoms with Crippen molar-refractivity contribution in [3.63, 3.8) is 0 Å². The van der Waals surface area contributed by atoms with Gasteiger partial charge in [0, 0.05) is 12.1 Å². The van der Waals surface area contributed by atoms with E-state index in [1.54, 1.807) is 0 Å². The molecule has 0 spiro atoms. The summed E-state index contributed by atoms with van der Waals surface area (Å²) >= 11 is 0. The Labute approximate surface area is 79.4 Å². The summed E-state index contributed by atoms with van der Waals surface area (Å²) in [6, 6.07) is 0. The Morgan fingerprint density at radius 2 is 2.08 bits per heavy atom. The van der Waals surface area contributed by atoms with E-state index < -0.39 is 0 Å². The first-order valence-electron chi connectivity index (χ1n) is 5.02. The van der Waals surface area contributed by atoms with Crippen LogP contribution in [0.2, 0.25) is 0 Å². The van der Waals surface area contributed by atoms with Crippen molar-refractivity contribution >= 4 is 0 Å². The second-order valence-electron chi connectivity index (χ2n) is 4.19. The van der Waals surface area contributed by atoms with Gasteiger partial charge in [-0.25, -0.2) is 0 Å². The Kier molecular flexibility index (Phi) is 2.06. The minimum absolute atomic E-state index is 0.491. The van der Waals surface area contributed by atoms with E-state index in [1.165, 1.54) is 18.5 Å². The van der Waals surface area contributed by atoms with Crippen LogP contribution in [-0.4, -0.2) is 9.97 Å². The second-order valence-corrected chi connectivity index (χ2v) is 4.19. The molecule has 1 fully saturated rings. The quantitative estimate of drug-likeness (QED) is 0.692. The van der Waals surface area contributed by atoms with E-state index in [0.717, 1.165) is 11.4 Å². The van der Waals surface area contributed by atoms with E-state index in [2.05, 4.69) is 30.7 Å². The van der Waals surface area contributed by atoms with Crippen LogP contribution in [0.4, 0.5) is 0 Å². The maximum absolute atomic E-state index is 4.67. The van der Waals surface area contributed by atoms with E-state index in [9.17, 15) is 0 Å². The molecule has 1 aromatic rings. The van der Waals surface area contributed by atoms with Crippen molar-refractivity contribution in [3.8, 4) is 0 Å². The van der Waals surface area contributed by atoms with Crippen LogP contribution in [0.1, 0.15) is 55.6 Å². The molecule has 1 aliphatic carbocycles. The molecule has 2 nitrogen and oxygen atoms in total. The van der Waals surface area contributed by atoms with Gasteiger partial charge in [-0.1, -0.05) is 13.8 Å². The molecule has 0 saturated heterocycles. The van der Waals surface area contributed by atoms with Crippen molar-refractivity contribution in [1.82, 2.24) is 9.97 Å². The SMILES string of the molecule is Cc1ncc(C(C)C)nc1C1CC1. The van der Waals surface area contributed by atoms with Crippen LogP contribution >= 0.6 is 0 Å². The first-order valence-corrected chi connectivity index (χ1v) is 5.02. The summed E-state index contributed by atoms with van der Waals surface area (Å²) in [5.74, 6) is 1.21. The van der Waals surface area contributed by atoms with E-state index in [4.69, 9.17) is 0 Å². The van der Waals surface area contributed by atoms with Crippen LogP contribution in [-0.2, 0) is 0 Å². The van der Waals surface area contributed by atoms with Gasteiger partial charge in [0.2, 0.25) is 0 Å². The Morgan fingerprint density at radius 1 is 1.38 bits per heavy atom. The molecule has 0 aliphatic heterocycles. The zero-order chi connectivity index (χ0) is 9.42. The molecule has 2 heteroatoms. The Morgan fingerprint density at radius 3 is 2.62 bits per heavy atom. The fraction of sp³-hybridized carbons (Fsp3) is 0.636. The normalized spacial score (nSPS) is 16.6. The summed E-state index contributed by atoms with van der Waals surface area (Å²) in [6.07, 6.45) is 4.51. The standard InChI is InChI=1S/C11H16N2/c1-7(2)10-6-12-8(3)11(13-10)9-4-5-9/h6-7,9H,4-5H2,1-3H3. The number of hydrogen-bond donors (Lipinski definition) is 0. The lowest BCUT2D eigenvalue weighted by atomic mass is 10.1. The van der Waals surface area contributed by atoms with Gasteiger partial charge in [-0.05, 0) is 25.7 Å². The van der Waals surface area contributed by atoms with Crippen LogP contribution in [0, 0.1) is 6.92 Å². The lowest BCUT2D eigenvalue weighted by Crippen LogP contribution is -2.01. The van der Waals surface area contributed by atoms with Crippen molar-refractivity contribution in [1.29, 1.82) is 0 Å². The summed E-state index contributed by atoms with van der Waals surface area (Å²) in [4.78, 5) is 9.07. The molecule has 1 heterocycles. The van der Waals surface area contributed by atoms with Gasteiger partial charge < -0.3 is 0 Å². The van der Waals surface area contributed by atoms with Crippen LogP contribution < -0.4 is 0 Å². The average molecular weight is 176 g/mol. The van der Waals surface area contributed by atoms with E-state index >= 15 is 0 Å². The Hall–Kier alpha value is -0.920. The molecule has 0 N–H and O–H groups in total. The van der Waals surface area contributed by atoms with E-state index in [-0.39, 0.29) is 0 Å². The molecule has 0 bridgehead atoms. The predicted octanol–water partition coefficient (Wildman–Crippen LogP) is 2.79. The highest BCUT2D eigenvalue weighted by molar-refractivity contribution is 5.22. The molecule has 0 unspecified atom stereocenters. The van der Waals surface area contributed by atoms with Crippen LogP contribution in [0.5, 0.6) is 0 Å². The Balaban J connectivity index is 2.36. The maximum Gasteiger partial charge on any atom is 0.0650 e. The summed E-state index contributed by atoms with van der Waals surface area (Å²) in [7, 11) is 0. The summed E-state index contributed by atoms with van der Waals surface area (Å²) in [5.41, 5.74) is 3.49. The minimum Gasteiger partial charge on any atom is -0.258 e. The Bertz CT molecular complexity index is 314. The molecular formula is C11H16N2. The van der Waals surface area contributed by atoms with Crippen molar-refractivity contribution in [2.24, 2.45) is 0 Å². The number of nitrogens with zero attached hydrogens (tertiary/aromatic N) is 2. The van der Waals surface area contributed by atoms with Crippen LogP contribution in [0.25, 0.3) is 0 Å². The van der Waals surface area contributed by atoms with Crippen molar-refractivity contribution < 1.29 is 0 Å². The third kappa shape index (κ3) is 1.71. The third-order valence-corrected chi connectivity index (χ3v) is 2.57. The number of aromatic nitrogens is 2. The third-order valence-electron chi connectivity index (χ3n) is 2.57. The predicted molar refractivity (Wildman–Crippen MR) is 52.8 cm³/mol. The van der Waals surface area contributed by atoms with Gasteiger partial charge in [-0.2, -0.15) is 0 Å². The van der Waals surface area contributed by atoms with Gasteiger partial charge in [0.25, 0.3) is 0 Å². The number of hydrogen-bond acceptors (Lipinski definition) is 2. The first-order chi connectivity index (χ1) is 6.18. The maximum atomic E-state index is 4.67. The van der Waals surface area contributed by atoms with E-state index in [1.807, 2.05) is 6.20 Å². The van der Waals surface area contributed by atoms with E-state index in [0.29, 0.717) is 11.8 Å². The number of rotatable bonds is 2. The molecule has 0 radical (unpaired) electrons. The van der Waals surface area contributed by atoms with Gasteiger partial charge >= 0.3 is 0 Å². The minimum atomic E-state index is 0.491. The van der Waals surface area contributed by atoms with Gasteiger partial charge in [-0.3, -0.25) is 9.97 Å². The first kappa shape index (κ1) is 8.67. The molecule has 70 valence electrons. The van der Waals surface area contributed by atoms with Crippen LogP contribution in [0.3, 0.4) is 0 Å². The van der Waals surface area contributed by atoms with Gasteiger partial charge in [0.05, 0.1) is 17.1 Å². The molecule has 1 saturated carbocycles. The summed E-state index contributed by atoms with van der Waals surface area (Å²) in [5, 5.41) is 0. The van der Waals surface area contributed by atoms with Crippen LogP contribution in [0.15, 0.2) is 6.20 Å². The highest BCUT2D eigenvalue weighted by Crippen LogP contribution is 2.40. The topological polar surface area (TPSA) is 25.8 Å². The summed E-state index contributed by atoms with van der Waals surface area (Å²) < 4.78 is 0. The largest absolute Gasteiger partial charge is 0.258 e. The summed E-state index contributed by atoms with van der Waals surface area (Å²) in [6.45, 7) is 6.39. The molecule has 13 heavy (non-hydrogen) atoms. The van der Waals surface area contributed by atoms with Gasteiger partial charge in [0.1, 0.15) is 0 Å². The fourth-order valence-electron chi connectivity index (χ4n) is 1.50. The molecular weight excluding hydrogens is 160 g/mol. The highest BCUT2D eigenvalue weighted by Gasteiger charge is 2.27. The zero-order valence-corrected chi connectivity index (χ0v) is 8.54. The van der Waals surface area contributed by atoms with Gasteiger partial charge in [0.15, 0.2) is 0 Å². The fourth-order valence-corrected chi connectivity index (χ4v) is 1.50.